The topological polar surface area (TPSA) is 127 Å². The second-order valence-electron chi connectivity index (χ2n) is 5.35. The van der Waals surface area contributed by atoms with E-state index in [1.807, 2.05) is 5.09 Å². The summed E-state index contributed by atoms with van der Waals surface area (Å²) >= 11 is 0. The number of phenolic OH excluding ortho intramolecular Hbond substituents is 1. The van der Waals surface area contributed by atoms with Gasteiger partial charge in [-0.15, -0.1) is 0 Å². The molecule has 1 aliphatic rings. The van der Waals surface area contributed by atoms with E-state index in [1.54, 1.807) is 19.1 Å². The number of allylic oxidation sites excluding steroid dienone is 2. The predicted octanol–water partition coefficient (Wildman–Crippen LogP) is 1.32. The SMILES string of the molecule is CC(c1cccc(O)c1)C(O)C1=C(NP(=O)(O)O)CC=CC1=O. The Bertz CT molecular complexity index is 720. The average molecular weight is 339 g/mol. The maximum Gasteiger partial charge on any atom is 0.427 e. The quantitative estimate of drug-likeness (QED) is 0.512. The number of nitrogens with one attached hydrogen (secondary N) is 1. The highest BCUT2D eigenvalue weighted by molar-refractivity contribution is 7.49. The number of aliphatic hydroxyl groups excluding tert-OH is 1. The van der Waals surface area contributed by atoms with Gasteiger partial charge in [0.05, 0.1) is 6.10 Å². The zero-order chi connectivity index (χ0) is 17.2. The first-order chi connectivity index (χ1) is 10.7. The van der Waals surface area contributed by atoms with Gasteiger partial charge in [-0.05, 0) is 23.8 Å². The summed E-state index contributed by atoms with van der Waals surface area (Å²) in [5.41, 5.74) is 0.528. The van der Waals surface area contributed by atoms with Gasteiger partial charge in [0, 0.05) is 23.6 Å². The van der Waals surface area contributed by atoms with Gasteiger partial charge in [-0.1, -0.05) is 25.1 Å². The number of aromatic hydroxyl groups is 1. The minimum Gasteiger partial charge on any atom is -0.508 e. The highest BCUT2D eigenvalue weighted by Crippen LogP contribution is 2.36. The molecule has 2 unspecified atom stereocenters. The van der Waals surface area contributed by atoms with Crippen molar-refractivity contribution in [2.24, 2.45) is 0 Å². The van der Waals surface area contributed by atoms with Crippen molar-refractivity contribution < 1.29 is 29.4 Å². The zero-order valence-electron chi connectivity index (χ0n) is 12.4. The molecule has 1 aromatic carbocycles. The summed E-state index contributed by atoms with van der Waals surface area (Å²) < 4.78 is 11.2. The molecule has 0 fully saturated rings. The largest absolute Gasteiger partial charge is 0.508 e. The fourth-order valence-corrected chi connectivity index (χ4v) is 3.04. The normalized spacial score (nSPS) is 18.0. The molecule has 5 N–H and O–H groups in total. The highest BCUT2D eigenvalue weighted by atomic mass is 31.2. The van der Waals surface area contributed by atoms with Gasteiger partial charge in [0.25, 0.3) is 0 Å². The molecule has 0 saturated carbocycles. The molecule has 1 aromatic rings. The second-order valence-corrected chi connectivity index (χ2v) is 6.66. The molecular weight excluding hydrogens is 321 g/mol. The Balaban J connectivity index is 2.38. The van der Waals surface area contributed by atoms with E-state index >= 15 is 0 Å². The monoisotopic (exact) mass is 339 g/mol. The zero-order valence-corrected chi connectivity index (χ0v) is 13.3. The van der Waals surface area contributed by atoms with Crippen LogP contribution in [0.3, 0.4) is 0 Å². The summed E-state index contributed by atoms with van der Waals surface area (Å²) in [6.07, 6.45) is 1.56. The van der Waals surface area contributed by atoms with Crippen LogP contribution in [0, 0.1) is 0 Å². The van der Waals surface area contributed by atoms with Gasteiger partial charge in [-0.25, -0.2) is 4.57 Å². The highest BCUT2D eigenvalue weighted by Gasteiger charge is 2.31. The van der Waals surface area contributed by atoms with E-state index < -0.39 is 25.6 Å². The average Bonchev–Trinajstić information content (AvgIpc) is 2.44. The van der Waals surface area contributed by atoms with Gasteiger partial charge >= 0.3 is 7.75 Å². The summed E-state index contributed by atoms with van der Waals surface area (Å²) in [7, 11) is -4.59. The van der Waals surface area contributed by atoms with E-state index in [0.717, 1.165) is 0 Å². The van der Waals surface area contributed by atoms with Crippen LogP contribution in [-0.4, -0.2) is 31.9 Å². The number of carbonyl (C=O) groups is 1. The van der Waals surface area contributed by atoms with Crippen LogP contribution in [0.4, 0.5) is 0 Å². The van der Waals surface area contributed by atoms with Crippen molar-refractivity contribution in [3.63, 3.8) is 0 Å². The van der Waals surface area contributed by atoms with Gasteiger partial charge in [-0.2, -0.15) is 0 Å². The maximum atomic E-state index is 12.1. The minimum absolute atomic E-state index is 0.00494. The Labute approximate surface area is 133 Å². The first-order valence-corrected chi connectivity index (χ1v) is 8.55. The first-order valence-electron chi connectivity index (χ1n) is 6.94. The molecule has 0 aromatic heterocycles. The molecular formula is C15H18NO6P. The molecule has 0 saturated heterocycles. The number of carbonyl (C=O) groups excluding carboxylic acids is 1. The Morgan fingerprint density at radius 1 is 1.30 bits per heavy atom. The molecule has 0 amide bonds. The molecule has 0 radical (unpaired) electrons. The minimum atomic E-state index is -4.59. The van der Waals surface area contributed by atoms with Gasteiger partial charge in [0.15, 0.2) is 5.78 Å². The van der Waals surface area contributed by atoms with Gasteiger partial charge in [0.2, 0.25) is 0 Å². The molecule has 124 valence electrons. The third kappa shape index (κ3) is 4.30. The van der Waals surface area contributed by atoms with E-state index in [0.29, 0.717) is 5.56 Å². The van der Waals surface area contributed by atoms with Crippen LogP contribution in [0.5, 0.6) is 5.75 Å². The third-order valence-corrected chi connectivity index (χ3v) is 4.19. The van der Waals surface area contributed by atoms with Crippen molar-refractivity contribution in [3.8, 4) is 5.75 Å². The number of hydrogen-bond acceptors (Lipinski definition) is 4. The molecule has 0 bridgehead atoms. The molecule has 0 spiro atoms. The second kappa shape index (κ2) is 6.68. The van der Waals surface area contributed by atoms with Crippen LogP contribution in [0.25, 0.3) is 0 Å². The van der Waals surface area contributed by atoms with E-state index in [2.05, 4.69) is 0 Å². The van der Waals surface area contributed by atoms with Crippen LogP contribution in [-0.2, 0) is 9.36 Å². The van der Waals surface area contributed by atoms with Crippen LogP contribution < -0.4 is 5.09 Å². The van der Waals surface area contributed by atoms with Crippen LogP contribution in [0.2, 0.25) is 0 Å². The number of aliphatic hydroxyl groups is 1. The number of hydrogen-bond donors (Lipinski definition) is 5. The van der Waals surface area contributed by atoms with Gasteiger partial charge in [0.1, 0.15) is 5.75 Å². The Morgan fingerprint density at radius 3 is 2.61 bits per heavy atom. The molecule has 2 rings (SSSR count). The lowest BCUT2D eigenvalue weighted by molar-refractivity contribution is -0.112. The summed E-state index contributed by atoms with van der Waals surface area (Å²) in [6.45, 7) is 1.66. The summed E-state index contributed by atoms with van der Waals surface area (Å²) in [5.74, 6) is -1.04. The lowest BCUT2D eigenvalue weighted by atomic mass is 9.86. The van der Waals surface area contributed by atoms with Crippen molar-refractivity contribution in [1.29, 1.82) is 0 Å². The Morgan fingerprint density at radius 2 is 2.00 bits per heavy atom. The fraction of sp³-hybridized carbons (Fsp3) is 0.267. The van der Waals surface area contributed by atoms with Crippen molar-refractivity contribution in [3.05, 3.63) is 53.3 Å². The van der Waals surface area contributed by atoms with Crippen LogP contribution in [0.1, 0.15) is 24.8 Å². The molecule has 7 nitrogen and oxygen atoms in total. The molecule has 0 heterocycles. The van der Waals surface area contributed by atoms with Gasteiger partial charge < -0.3 is 20.0 Å². The van der Waals surface area contributed by atoms with E-state index in [-0.39, 0.29) is 23.4 Å². The lowest BCUT2D eigenvalue weighted by Gasteiger charge is -2.26. The Hall–Kier alpha value is -1.92. The summed E-state index contributed by atoms with van der Waals surface area (Å²) in [4.78, 5) is 30.2. The lowest BCUT2D eigenvalue weighted by Crippen LogP contribution is -2.29. The van der Waals surface area contributed by atoms with E-state index in [4.69, 9.17) is 9.79 Å². The number of phenols is 1. The maximum absolute atomic E-state index is 12.1. The first kappa shape index (κ1) is 17.4. The molecule has 0 aliphatic heterocycles. The van der Waals surface area contributed by atoms with Crippen molar-refractivity contribution >= 4 is 13.5 Å². The van der Waals surface area contributed by atoms with E-state index in [9.17, 15) is 19.6 Å². The van der Waals surface area contributed by atoms with Crippen molar-refractivity contribution in [2.75, 3.05) is 0 Å². The standard InChI is InChI=1S/C15H18NO6P/c1-9(10-4-2-5-11(17)8-10)15(19)14-12(16-23(20,21)22)6-3-7-13(14)18/h2-5,7-9,15,17,19H,6H2,1H3,(H3,16,20,21,22). The predicted molar refractivity (Wildman–Crippen MR) is 83.5 cm³/mol. The summed E-state index contributed by atoms with van der Waals surface area (Å²) in [5, 5.41) is 22.1. The molecule has 8 heteroatoms. The molecule has 23 heavy (non-hydrogen) atoms. The van der Waals surface area contributed by atoms with Crippen molar-refractivity contribution in [2.45, 2.75) is 25.4 Å². The van der Waals surface area contributed by atoms with Gasteiger partial charge in [-0.3, -0.25) is 9.88 Å². The van der Waals surface area contributed by atoms with Crippen LogP contribution >= 0.6 is 7.75 Å². The number of ketones is 1. The smallest absolute Gasteiger partial charge is 0.427 e. The van der Waals surface area contributed by atoms with Crippen molar-refractivity contribution in [1.82, 2.24) is 5.09 Å². The summed E-state index contributed by atoms with van der Waals surface area (Å²) in [6, 6.07) is 6.25. The Kier molecular flexibility index (Phi) is 5.06. The van der Waals surface area contributed by atoms with Crippen LogP contribution in [0.15, 0.2) is 47.7 Å². The van der Waals surface area contributed by atoms with E-state index in [1.165, 1.54) is 24.3 Å². The third-order valence-electron chi connectivity index (χ3n) is 3.63. The number of rotatable bonds is 5. The molecule has 2 atom stereocenters. The fourth-order valence-electron chi connectivity index (χ4n) is 2.48. The molecule has 1 aliphatic carbocycles. The number of benzene rings is 1.